The van der Waals surface area contributed by atoms with Crippen molar-refractivity contribution in [2.24, 2.45) is 0 Å². The van der Waals surface area contributed by atoms with Crippen LogP contribution in [0.1, 0.15) is 11.6 Å². The van der Waals surface area contributed by atoms with Gasteiger partial charge in [0.25, 0.3) is 0 Å². The van der Waals surface area contributed by atoms with Crippen LogP contribution in [0.2, 0.25) is 0 Å². The van der Waals surface area contributed by atoms with Crippen LogP contribution in [0, 0.1) is 0 Å². The second-order valence-electron chi connectivity index (χ2n) is 4.86. The van der Waals surface area contributed by atoms with Crippen molar-refractivity contribution in [3.05, 3.63) is 54.1 Å². The van der Waals surface area contributed by atoms with Gasteiger partial charge in [0.2, 0.25) is 5.82 Å². The molecule has 1 aromatic heterocycles. The molecule has 1 atom stereocenters. The molecular weight excluding hydrogens is 282 g/mol. The van der Waals surface area contributed by atoms with Crippen LogP contribution in [0.4, 0.5) is 5.69 Å². The van der Waals surface area contributed by atoms with Gasteiger partial charge in [-0.25, -0.2) is 0 Å². The van der Waals surface area contributed by atoms with Crippen LogP contribution < -0.4 is 5.32 Å². The molecule has 2 N–H and O–H groups in total. The maximum Gasteiger partial charge on any atom is 0.204 e. The average molecular weight is 295 g/mol. The summed E-state index contributed by atoms with van der Waals surface area (Å²) in [4.78, 5) is 1.37. The number of hydrogen-bond acceptors (Lipinski definition) is 5. The third-order valence-electron chi connectivity index (χ3n) is 3.51. The Kier molecular flexibility index (Phi) is 3.08. The molecule has 1 aliphatic rings. The van der Waals surface area contributed by atoms with Crippen molar-refractivity contribution < 1.29 is 0 Å². The van der Waals surface area contributed by atoms with E-state index >= 15 is 0 Å². The second kappa shape index (κ2) is 5.21. The van der Waals surface area contributed by atoms with Crippen LogP contribution in [-0.4, -0.2) is 26.4 Å². The number of H-pyrrole nitrogens is 1. The monoisotopic (exact) mass is 295 g/mol. The van der Waals surface area contributed by atoms with Gasteiger partial charge < -0.3 is 5.32 Å². The molecule has 21 heavy (non-hydrogen) atoms. The minimum atomic E-state index is 0.340. The van der Waals surface area contributed by atoms with Crippen LogP contribution in [0.25, 0.3) is 11.4 Å². The number of benzene rings is 2. The molecule has 0 amide bonds. The zero-order valence-corrected chi connectivity index (χ0v) is 12.0. The van der Waals surface area contributed by atoms with Crippen molar-refractivity contribution >= 4 is 17.4 Å². The molecule has 0 fully saturated rings. The van der Waals surface area contributed by atoms with E-state index in [1.54, 1.807) is 0 Å². The fourth-order valence-electron chi connectivity index (χ4n) is 2.52. The molecule has 0 saturated carbocycles. The fourth-order valence-corrected chi connectivity index (χ4v) is 3.68. The molecule has 6 heteroatoms. The first kappa shape index (κ1) is 12.4. The van der Waals surface area contributed by atoms with E-state index in [0.717, 1.165) is 17.0 Å². The van der Waals surface area contributed by atoms with Crippen molar-refractivity contribution in [3.8, 4) is 11.4 Å². The van der Waals surface area contributed by atoms with Gasteiger partial charge in [0.05, 0.1) is 6.04 Å². The molecular formula is C15H13N5S. The number of aromatic nitrogens is 4. The third kappa shape index (κ3) is 2.38. The zero-order chi connectivity index (χ0) is 14.1. The predicted molar refractivity (Wildman–Crippen MR) is 83.1 cm³/mol. The highest BCUT2D eigenvalue weighted by atomic mass is 32.2. The number of rotatable bonds is 3. The van der Waals surface area contributed by atoms with E-state index in [0.29, 0.717) is 11.9 Å². The lowest BCUT2D eigenvalue weighted by Gasteiger charge is -2.15. The molecule has 0 radical (unpaired) electrons. The molecule has 0 spiro atoms. The molecule has 2 aromatic carbocycles. The topological polar surface area (TPSA) is 66.5 Å². The summed E-state index contributed by atoms with van der Waals surface area (Å²) in [5.74, 6) is 1.66. The van der Waals surface area contributed by atoms with E-state index < -0.39 is 0 Å². The first-order chi connectivity index (χ1) is 10.4. The van der Waals surface area contributed by atoms with Crippen molar-refractivity contribution in [2.75, 3.05) is 11.1 Å². The molecule has 1 unspecified atom stereocenters. The molecule has 0 aliphatic carbocycles. The van der Waals surface area contributed by atoms with Crippen LogP contribution >= 0.6 is 11.8 Å². The third-order valence-corrected chi connectivity index (χ3v) is 4.69. The van der Waals surface area contributed by atoms with Crippen LogP contribution in [-0.2, 0) is 0 Å². The SMILES string of the molecule is c1cc(NC2CSc3ccccc32)cc(-c2nn[nH]n2)c1. The van der Waals surface area contributed by atoms with Crippen molar-refractivity contribution in [1.82, 2.24) is 20.6 Å². The van der Waals surface area contributed by atoms with E-state index in [4.69, 9.17) is 0 Å². The fraction of sp³-hybridized carbons (Fsp3) is 0.133. The highest BCUT2D eigenvalue weighted by Crippen LogP contribution is 2.39. The summed E-state index contributed by atoms with van der Waals surface area (Å²) in [6, 6.07) is 17.0. The lowest BCUT2D eigenvalue weighted by atomic mass is 10.1. The Balaban J connectivity index is 1.60. The molecule has 104 valence electrons. The van der Waals surface area contributed by atoms with E-state index in [9.17, 15) is 0 Å². The van der Waals surface area contributed by atoms with Crippen molar-refractivity contribution in [2.45, 2.75) is 10.9 Å². The van der Waals surface area contributed by atoms with Gasteiger partial charge in [0.1, 0.15) is 0 Å². The quantitative estimate of drug-likeness (QED) is 0.777. The summed E-state index contributed by atoms with van der Waals surface area (Å²) in [6.07, 6.45) is 0. The van der Waals surface area contributed by atoms with Gasteiger partial charge in [0.15, 0.2) is 0 Å². The maximum atomic E-state index is 4.02. The number of anilines is 1. The normalized spacial score (nSPS) is 16.7. The first-order valence-electron chi connectivity index (χ1n) is 6.72. The maximum absolute atomic E-state index is 4.02. The highest BCUT2D eigenvalue weighted by Gasteiger charge is 2.22. The van der Waals surface area contributed by atoms with E-state index in [2.05, 4.69) is 62.3 Å². The molecule has 2 heterocycles. The Hall–Kier alpha value is -2.34. The molecule has 4 rings (SSSR count). The zero-order valence-electron chi connectivity index (χ0n) is 11.2. The van der Waals surface area contributed by atoms with E-state index in [1.165, 1.54) is 10.5 Å². The number of thioether (sulfide) groups is 1. The number of hydrogen-bond donors (Lipinski definition) is 2. The van der Waals surface area contributed by atoms with Gasteiger partial charge in [-0.2, -0.15) is 5.21 Å². The van der Waals surface area contributed by atoms with E-state index in [-0.39, 0.29) is 0 Å². The summed E-state index contributed by atoms with van der Waals surface area (Å²) in [7, 11) is 0. The smallest absolute Gasteiger partial charge is 0.204 e. The number of nitrogens with zero attached hydrogens (tertiary/aromatic N) is 3. The van der Waals surface area contributed by atoms with Crippen molar-refractivity contribution in [1.29, 1.82) is 0 Å². The van der Waals surface area contributed by atoms with E-state index in [1.807, 2.05) is 23.9 Å². The average Bonchev–Trinajstić information content (AvgIpc) is 3.18. The van der Waals surface area contributed by atoms with Gasteiger partial charge in [-0.3, -0.25) is 0 Å². The lowest BCUT2D eigenvalue weighted by molar-refractivity contribution is 0.881. The number of aromatic amines is 1. The summed E-state index contributed by atoms with van der Waals surface area (Å²) in [6.45, 7) is 0. The Labute approximate surface area is 126 Å². The van der Waals surface area contributed by atoms with Crippen molar-refractivity contribution in [3.63, 3.8) is 0 Å². The summed E-state index contributed by atoms with van der Waals surface area (Å²) >= 11 is 1.89. The van der Waals surface area contributed by atoms with Gasteiger partial charge in [-0.1, -0.05) is 30.3 Å². The van der Waals surface area contributed by atoms with Gasteiger partial charge in [-0.05, 0) is 29.0 Å². The lowest BCUT2D eigenvalue weighted by Crippen LogP contribution is -2.09. The molecule has 0 saturated heterocycles. The number of nitrogens with one attached hydrogen (secondary N) is 2. The Morgan fingerprint density at radius 2 is 2.10 bits per heavy atom. The highest BCUT2D eigenvalue weighted by molar-refractivity contribution is 7.99. The predicted octanol–water partition coefficient (Wildman–Crippen LogP) is 3.13. The molecule has 0 bridgehead atoms. The first-order valence-corrected chi connectivity index (χ1v) is 7.71. The van der Waals surface area contributed by atoms with Crippen LogP contribution in [0.3, 0.4) is 0 Å². The summed E-state index contributed by atoms with van der Waals surface area (Å²) in [5, 5.41) is 17.7. The standard InChI is InChI=1S/C15H13N5S/c1-2-7-14-12(6-1)13(9-21-14)16-11-5-3-4-10(8-11)15-17-19-20-18-15/h1-8,13,16H,9H2,(H,17,18,19,20). The summed E-state index contributed by atoms with van der Waals surface area (Å²) < 4.78 is 0. The minimum Gasteiger partial charge on any atom is -0.377 e. The molecule has 1 aliphatic heterocycles. The Bertz CT molecular complexity index is 756. The molecule has 3 aromatic rings. The van der Waals surface area contributed by atoms with Gasteiger partial charge in [-0.15, -0.1) is 22.0 Å². The van der Waals surface area contributed by atoms with Crippen LogP contribution in [0.5, 0.6) is 0 Å². The number of tetrazole rings is 1. The number of fused-ring (bicyclic) bond motifs is 1. The van der Waals surface area contributed by atoms with Gasteiger partial charge in [0, 0.05) is 21.9 Å². The summed E-state index contributed by atoms with van der Waals surface area (Å²) in [5.41, 5.74) is 3.39. The Morgan fingerprint density at radius 3 is 3.00 bits per heavy atom. The largest absolute Gasteiger partial charge is 0.377 e. The Morgan fingerprint density at radius 1 is 1.14 bits per heavy atom. The second-order valence-corrected chi connectivity index (χ2v) is 5.92. The van der Waals surface area contributed by atoms with Crippen LogP contribution in [0.15, 0.2) is 53.4 Å². The molecule has 5 nitrogen and oxygen atoms in total. The van der Waals surface area contributed by atoms with Gasteiger partial charge >= 0.3 is 0 Å². The minimum absolute atomic E-state index is 0.340.